The minimum Gasteiger partial charge on any atom is -0.392 e. The van der Waals surface area contributed by atoms with Gasteiger partial charge in [-0.25, -0.2) is 19.1 Å². The summed E-state index contributed by atoms with van der Waals surface area (Å²) < 4.78 is 27.6. The number of hydrogen-bond acceptors (Lipinski definition) is 5. The summed E-state index contributed by atoms with van der Waals surface area (Å²) in [7, 11) is 1.19. The van der Waals surface area contributed by atoms with Crippen molar-refractivity contribution in [3.63, 3.8) is 0 Å². The van der Waals surface area contributed by atoms with Crippen molar-refractivity contribution in [2.45, 2.75) is 31.5 Å². The first-order chi connectivity index (χ1) is 16.1. The number of alkyl halides is 2. The Hall–Kier alpha value is -4.01. The smallest absolute Gasteiger partial charge is 0.315 e. The van der Waals surface area contributed by atoms with Crippen LogP contribution in [0.1, 0.15) is 34.0 Å². The molecule has 6 N–H and O–H groups in total. The van der Waals surface area contributed by atoms with E-state index < -0.39 is 35.9 Å². The monoisotopic (exact) mass is 474 g/mol. The minimum atomic E-state index is -3.28. The zero-order valence-electron chi connectivity index (χ0n) is 18.4. The third-order valence-corrected chi connectivity index (χ3v) is 4.95. The highest BCUT2D eigenvalue weighted by Gasteiger charge is 2.48. The molecule has 0 saturated carbocycles. The molecule has 2 atom stereocenters. The van der Waals surface area contributed by atoms with Gasteiger partial charge in [-0.05, 0) is 48.9 Å². The maximum atomic E-state index is 13.8. The number of aliphatic hydroxyl groups is 1. The van der Waals surface area contributed by atoms with Gasteiger partial charge in [-0.15, -0.1) is 0 Å². The largest absolute Gasteiger partial charge is 0.392 e. The molecule has 0 fully saturated rings. The Morgan fingerprint density at radius 2 is 1.53 bits per heavy atom. The summed E-state index contributed by atoms with van der Waals surface area (Å²) in [6.45, 7) is 0.787. The first kappa shape index (κ1) is 26.2. The lowest BCUT2D eigenvalue weighted by Crippen LogP contribution is -2.69. The van der Waals surface area contributed by atoms with Crippen molar-refractivity contribution in [3.8, 4) is 11.8 Å². The molecule has 11 heteroatoms. The van der Waals surface area contributed by atoms with Crippen LogP contribution in [0.4, 0.5) is 13.6 Å². The third kappa shape index (κ3) is 6.50. The van der Waals surface area contributed by atoms with Crippen LogP contribution in [-0.4, -0.2) is 53.2 Å². The Bertz CT molecular complexity index is 1080. The summed E-state index contributed by atoms with van der Waals surface area (Å²) in [4.78, 5) is 36.4. The number of amides is 4. The van der Waals surface area contributed by atoms with Crippen LogP contribution in [0.2, 0.25) is 0 Å². The van der Waals surface area contributed by atoms with Crippen LogP contribution in [-0.2, 0) is 11.4 Å². The van der Waals surface area contributed by atoms with Gasteiger partial charge in [-0.2, -0.15) is 0 Å². The van der Waals surface area contributed by atoms with Crippen LogP contribution in [0.15, 0.2) is 48.5 Å². The van der Waals surface area contributed by atoms with Crippen LogP contribution in [0.5, 0.6) is 0 Å². The van der Waals surface area contributed by atoms with Crippen molar-refractivity contribution in [2.75, 3.05) is 7.05 Å². The molecule has 9 nitrogen and oxygen atoms in total. The molecule has 4 amide bonds. The van der Waals surface area contributed by atoms with Gasteiger partial charge in [-0.1, -0.05) is 24.0 Å². The van der Waals surface area contributed by atoms with Crippen LogP contribution in [0.25, 0.3) is 0 Å². The fraction of sp³-hybridized carbons (Fsp3) is 0.261. The summed E-state index contributed by atoms with van der Waals surface area (Å²) in [5.41, 5.74) is 0.750. The molecule has 0 spiro atoms. The summed E-state index contributed by atoms with van der Waals surface area (Å²) >= 11 is 0. The second kappa shape index (κ2) is 11.7. The summed E-state index contributed by atoms with van der Waals surface area (Å²) in [5.74, 6) is 3.60. The molecule has 1 unspecified atom stereocenters. The summed E-state index contributed by atoms with van der Waals surface area (Å²) in [6, 6.07) is 9.78. The van der Waals surface area contributed by atoms with Gasteiger partial charge in [0, 0.05) is 23.7 Å². The number of rotatable bonds is 7. The fourth-order valence-corrected chi connectivity index (χ4v) is 2.87. The number of urea groups is 1. The average molecular weight is 474 g/mol. The van der Waals surface area contributed by atoms with E-state index in [0.29, 0.717) is 11.1 Å². The predicted molar refractivity (Wildman–Crippen MR) is 118 cm³/mol. The van der Waals surface area contributed by atoms with E-state index in [4.69, 9.17) is 10.3 Å². The van der Waals surface area contributed by atoms with Gasteiger partial charge in [0.15, 0.2) is 0 Å². The van der Waals surface area contributed by atoms with Gasteiger partial charge in [0.1, 0.15) is 11.6 Å². The molecule has 2 rings (SSSR count). The Labute approximate surface area is 194 Å². The second-order valence-corrected chi connectivity index (χ2v) is 7.35. The Morgan fingerprint density at radius 3 is 1.97 bits per heavy atom. The Balaban J connectivity index is 2.21. The molecule has 0 aliphatic heterocycles. The van der Waals surface area contributed by atoms with Gasteiger partial charge in [-0.3, -0.25) is 14.8 Å². The van der Waals surface area contributed by atoms with Gasteiger partial charge in [0.05, 0.1) is 6.61 Å². The number of carbonyl (C=O) groups excluding carboxylic acids is 3. The summed E-state index contributed by atoms with van der Waals surface area (Å²) in [5, 5.41) is 24.2. The van der Waals surface area contributed by atoms with Crippen LogP contribution in [0, 0.1) is 11.8 Å². The maximum Gasteiger partial charge on any atom is 0.315 e. The lowest BCUT2D eigenvalue weighted by molar-refractivity contribution is -0.135. The van der Waals surface area contributed by atoms with Gasteiger partial charge in [0.25, 0.3) is 18.2 Å². The van der Waals surface area contributed by atoms with E-state index in [9.17, 15) is 23.2 Å². The molecule has 0 aliphatic carbocycles. The minimum absolute atomic E-state index is 0.0325. The van der Waals surface area contributed by atoms with E-state index in [2.05, 4.69) is 22.5 Å². The van der Waals surface area contributed by atoms with E-state index in [1.807, 2.05) is 5.32 Å². The SMILES string of the molecule is CNC(=O)NC(C)(C(F)F)[C@H](NC(=O)c1ccc(C#Cc2ccc(CO)cc2)cc1)C(=O)NO. The first-order valence-corrected chi connectivity index (χ1v) is 9.99. The Kier molecular flexibility index (Phi) is 9.06. The quantitative estimate of drug-likeness (QED) is 0.203. The molecule has 2 aromatic carbocycles. The van der Waals surface area contributed by atoms with E-state index >= 15 is 0 Å². The van der Waals surface area contributed by atoms with Crippen molar-refractivity contribution in [2.24, 2.45) is 0 Å². The predicted octanol–water partition coefficient (Wildman–Crippen LogP) is 1.14. The standard InChI is InChI=1S/C23H24F2N4O5/c1-23(21(24)25,28-22(33)26-2)18(20(32)29-34)27-19(31)17-11-9-15(10-12-17)4-3-14-5-7-16(13-30)8-6-14/h5-12,18,21,30,34H,13H2,1-2H3,(H,27,31)(H,29,32)(H2,26,28,33)/t18-,23?/m1/s1. The molecule has 0 radical (unpaired) electrons. The van der Waals surface area contributed by atoms with Gasteiger partial charge in [0.2, 0.25) is 0 Å². The van der Waals surface area contributed by atoms with E-state index in [1.54, 1.807) is 24.3 Å². The Morgan fingerprint density at radius 1 is 1.00 bits per heavy atom. The first-order valence-electron chi connectivity index (χ1n) is 9.99. The molecule has 180 valence electrons. The molecule has 34 heavy (non-hydrogen) atoms. The topological polar surface area (TPSA) is 140 Å². The average Bonchev–Trinajstić information content (AvgIpc) is 2.85. The summed E-state index contributed by atoms with van der Waals surface area (Å²) in [6.07, 6.45) is -3.28. The number of hydrogen-bond donors (Lipinski definition) is 6. The highest BCUT2D eigenvalue weighted by atomic mass is 19.3. The van der Waals surface area contributed by atoms with E-state index in [-0.39, 0.29) is 12.2 Å². The van der Waals surface area contributed by atoms with Crippen molar-refractivity contribution in [1.29, 1.82) is 0 Å². The highest BCUT2D eigenvalue weighted by molar-refractivity contribution is 5.98. The van der Waals surface area contributed by atoms with E-state index in [0.717, 1.165) is 12.5 Å². The molecular formula is C23H24F2N4O5. The van der Waals surface area contributed by atoms with Crippen LogP contribution >= 0.6 is 0 Å². The third-order valence-electron chi connectivity index (χ3n) is 4.95. The van der Waals surface area contributed by atoms with Crippen molar-refractivity contribution < 1.29 is 33.5 Å². The molecule has 0 saturated heterocycles. The molecule has 0 bridgehead atoms. The maximum absolute atomic E-state index is 13.8. The normalized spacial score (nSPS) is 13.0. The lowest BCUT2D eigenvalue weighted by Gasteiger charge is -2.36. The molecule has 0 aromatic heterocycles. The second-order valence-electron chi connectivity index (χ2n) is 7.35. The van der Waals surface area contributed by atoms with Crippen LogP contribution in [0.3, 0.4) is 0 Å². The number of hydroxylamine groups is 1. The fourth-order valence-electron chi connectivity index (χ4n) is 2.87. The van der Waals surface area contributed by atoms with Crippen molar-refractivity contribution >= 4 is 17.8 Å². The highest BCUT2D eigenvalue weighted by Crippen LogP contribution is 2.21. The molecular weight excluding hydrogens is 450 g/mol. The molecule has 0 aliphatic rings. The zero-order valence-corrected chi connectivity index (χ0v) is 18.4. The number of nitrogens with one attached hydrogen (secondary N) is 4. The van der Waals surface area contributed by atoms with Crippen molar-refractivity contribution in [3.05, 3.63) is 70.8 Å². The van der Waals surface area contributed by atoms with Crippen LogP contribution < -0.4 is 21.4 Å². The van der Waals surface area contributed by atoms with E-state index in [1.165, 1.54) is 36.8 Å². The molecule has 0 heterocycles. The lowest BCUT2D eigenvalue weighted by atomic mass is 9.91. The van der Waals surface area contributed by atoms with Gasteiger partial charge >= 0.3 is 6.03 Å². The van der Waals surface area contributed by atoms with Crippen molar-refractivity contribution in [1.82, 2.24) is 21.4 Å². The number of aliphatic hydroxyl groups excluding tert-OH is 1. The van der Waals surface area contributed by atoms with Gasteiger partial charge < -0.3 is 21.1 Å². The number of halogens is 2. The number of benzene rings is 2. The molecule has 2 aromatic rings. The number of carbonyl (C=O) groups is 3. The zero-order chi connectivity index (χ0) is 25.3.